The van der Waals surface area contributed by atoms with Crippen molar-refractivity contribution in [1.82, 2.24) is 5.32 Å². The van der Waals surface area contributed by atoms with E-state index in [2.05, 4.69) is 25.2 Å². The number of nitrogens with zero attached hydrogens (tertiary/aromatic N) is 1. The van der Waals surface area contributed by atoms with E-state index in [-0.39, 0.29) is 5.91 Å². The zero-order valence-electron chi connectivity index (χ0n) is 12.6. The first kappa shape index (κ1) is 13.9. The van der Waals surface area contributed by atoms with Gasteiger partial charge in [0.05, 0.1) is 6.07 Å². The number of rotatable bonds is 4. The molecule has 4 aliphatic carbocycles. The maximum absolute atomic E-state index is 12.4. The van der Waals surface area contributed by atoms with E-state index < -0.39 is 5.92 Å². The van der Waals surface area contributed by atoms with E-state index in [1.54, 1.807) is 0 Å². The summed E-state index contributed by atoms with van der Waals surface area (Å²) in [5.74, 6) is 3.14. The highest BCUT2D eigenvalue weighted by atomic mass is 16.1. The Hall–Kier alpha value is -1.04. The Morgan fingerprint density at radius 2 is 1.70 bits per heavy atom. The number of carbonyl (C=O) groups is 1. The molecule has 20 heavy (non-hydrogen) atoms. The van der Waals surface area contributed by atoms with Gasteiger partial charge in [0.1, 0.15) is 5.92 Å². The highest BCUT2D eigenvalue weighted by Crippen LogP contribution is 2.53. The van der Waals surface area contributed by atoms with Gasteiger partial charge in [-0.2, -0.15) is 5.26 Å². The van der Waals surface area contributed by atoms with E-state index in [1.165, 1.54) is 32.1 Å². The summed E-state index contributed by atoms with van der Waals surface area (Å²) in [7, 11) is 0. The van der Waals surface area contributed by atoms with Gasteiger partial charge >= 0.3 is 0 Å². The van der Waals surface area contributed by atoms with Crippen molar-refractivity contribution in [2.45, 2.75) is 58.4 Å². The lowest BCUT2D eigenvalue weighted by Crippen LogP contribution is -2.56. The lowest BCUT2D eigenvalue weighted by molar-refractivity contribution is -0.127. The smallest absolute Gasteiger partial charge is 0.237 e. The van der Waals surface area contributed by atoms with Crippen LogP contribution in [-0.4, -0.2) is 11.9 Å². The van der Waals surface area contributed by atoms with Crippen LogP contribution >= 0.6 is 0 Å². The largest absolute Gasteiger partial charge is 0.352 e. The maximum atomic E-state index is 12.4. The quantitative estimate of drug-likeness (QED) is 0.856. The molecule has 4 fully saturated rings. The first-order valence-corrected chi connectivity index (χ1v) is 8.26. The molecule has 3 heteroatoms. The van der Waals surface area contributed by atoms with Gasteiger partial charge in [0.2, 0.25) is 5.91 Å². The van der Waals surface area contributed by atoms with E-state index in [1.807, 2.05) is 0 Å². The van der Waals surface area contributed by atoms with Crippen molar-refractivity contribution in [3.8, 4) is 6.07 Å². The van der Waals surface area contributed by atoms with Crippen LogP contribution in [0.15, 0.2) is 0 Å². The summed E-state index contributed by atoms with van der Waals surface area (Å²) in [5, 5.41) is 12.5. The van der Waals surface area contributed by atoms with Gasteiger partial charge in [0.25, 0.3) is 0 Å². The fourth-order valence-electron chi connectivity index (χ4n) is 5.12. The van der Waals surface area contributed by atoms with E-state index in [4.69, 9.17) is 0 Å². The molecule has 3 nitrogen and oxygen atoms in total. The fraction of sp³-hybridized carbons (Fsp3) is 0.882. The molecule has 1 unspecified atom stereocenters. The van der Waals surface area contributed by atoms with Crippen LogP contribution in [0.5, 0.6) is 0 Å². The molecular weight excluding hydrogens is 248 g/mol. The molecule has 4 saturated carbocycles. The summed E-state index contributed by atoms with van der Waals surface area (Å²) in [5.41, 5.74) is 0. The van der Waals surface area contributed by atoms with Crippen molar-refractivity contribution < 1.29 is 4.79 Å². The molecule has 0 radical (unpaired) electrons. The van der Waals surface area contributed by atoms with Crippen molar-refractivity contribution in [2.75, 3.05) is 0 Å². The fourth-order valence-corrected chi connectivity index (χ4v) is 5.12. The van der Waals surface area contributed by atoms with Crippen LogP contribution in [0.3, 0.4) is 0 Å². The van der Waals surface area contributed by atoms with Gasteiger partial charge in [-0.3, -0.25) is 4.79 Å². The van der Waals surface area contributed by atoms with Crippen molar-refractivity contribution in [3.05, 3.63) is 0 Å². The molecule has 1 atom stereocenters. The number of amides is 1. The summed E-state index contributed by atoms with van der Waals surface area (Å²) in [6, 6.07) is 2.55. The molecule has 4 bridgehead atoms. The third-order valence-electron chi connectivity index (χ3n) is 5.72. The normalized spacial score (nSPS) is 39.6. The summed E-state index contributed by atoms with van der Waals surface area (Å²) < 4.78 is 0. The first-order valence-electron chi connectivity index (χ1n) is 8.26. The molecule has 0 spiro atoms. The van der Waals surface area contributed by atoms with Gasteiger partial charge in [-0.1, -0.05) is 13.8 Å². The Kier molecular flexibility index (Phi) is 3.75. The summed E-state index contributed by atoms with van der Waals surface area (Å²) >= 11 is 0. The molecule has 4 aliphatic rings. The minimum Gasteiger partial charge on any atom is -0.352 e. The molecule has 110 valence electrons. The molecule has 1 amide bonds. The average molecular weight is 274 g/mol. The van der Waals surface area contributed by atoms with Gasteiger partial charge in [0, 0.05) is 6.04 Å². The predicted octanol–water partition coefficient (Wildman–Crippen LogP) is 3.11. The molecule has 0 heterocycles. The van der Waals surface area contributed by atoms with Crippen LogP contribution in [0, 0.1) is 46.8 Å². The van der Waals surface area contributed by atoms with Crippen molar-refractivity contribution in [1.29, 1.82) is 5.26 Å². The van der Waals surface area contributed by atoms with Crippen LogP contribution in [0.2, 0.25) is 0 Å². The highest BCUT2D eigenvalue weighted by molar-refractivity contribution is 5.81. The Balaban J connectivity index is 1.63. The van der Waals surface area contributed by atoms with Crippen molar-refractivity contribution >= 4 is 5.91 Å². The second-order valence-electron chi connectivity index (χ2n) is 7.78. The number of nitrogens with one attached hydrogen (secondary N) is 1. The standard InChI is InChI=1S/C17H26N2O/c1-10(2)3-15(9-18)17(20)19-16-13-5-11-4-12(7-13)8-14(16)6-11/h10-16H,3-8H2,1-2H3,(H,19,20). The van der Waals surface area contributed by atoms with Gasteiger partial charge in [-0.15, -0.1) is 0 Å². The van der Waals surface area contributed by atoms with Crippen LogP contribution < -0.4 is 5.32 Å². The van der Waals surface area contributed by atoms with E-state index in [9.17, 15) is 10.1 Å². The number of hydrogen-bond acceptors (Lipinski definition) is 2. The first-order chi connectivity index (χ1) is 9.56. The van der Waals surface area contributed by atoms with Crippen LogP contribution in [-0.2, 0) is 4.79 Å². The Morgan fingerprint density at radius 3 is 2.15 bits per heavy atom. The van der Waals surface area contributed by atoms with Gasteiger partial charge < -0.3 is 5.32 Å². The molecular formula is C17H26N2O. The highest BCUT2D eigenvalue weighted by Gasteiger charge is 2.48. The minimum absolute atomic E-state index is 0.0151. The third-order valence-corrected chi connectivity index (χ3v) is 5.72. The molecule has 0 aromatic carbocycles. The molecule has 0 aliphatic heterocycles. The lowest BCUT2D eigenvalue weighted by Gasteiger charge is -2.54. The van der Waals surface area contributed by atoms with Crippen LogP contribution in [0.25, 0.3) is 0 Å². The van der Waals surface area contributed by atoms with Crippen molar-refractivity contribution in [2.24, 2.45) is 35.5 Å². The number of carbonyl (C=O) groups excluding carboxylic acids is 1. The van der Waals surface area contributed by atoms with E-state index in [0.717, 1.165) is 11.8 Å². The average Bonchev–Trinajstić information content (AvgIpc) is 2.38. The monoisotopic (exact) mass is 274 g/mol. The van der Waals surface area contributed by atoms with Crippen LogP contribution in [0.1, 0.15) is 52.4 Å². The third kappa shape index (κ3) is 2.57. The molecule has 0 aromatic rings. The number of hydrogen-bond donors (Lipinski definition) is 1. The summed E-state index contributed by atoms with van der Waals surface area (Å²) in [6.07, 6.45) is 7.33. The Bertz CT molecular complexity index is 395. The Labute approximate surface area is 122 Å². The molecule has 0 aromatic heterocycles. The summed E-state index contributed by atoms with van der Waals surface area (Å²) in [6.45, 7) is 4.14. The summed E-state index contributed by atoms with van der Waals surface area (Å²) in [4.78, 5) is 12.4. The van der Waals surface area contributed by atoms with Gasteiger partial charge in [-0.25, -0.2) is 0 Å². The predicted molar refractivity (Wildman–Crippen MR) is 77.5 cm³/mol. The van der Waals surface area contributed by atoms with Crippen molar-refractivity contribution in [3.63, 3.8) is 0 Å². The SMILES string of the molecule is CC(C)CC(C#N)C(=O)NC1C2CC3CC(C2)CC1C3. The molecule has 1 N–H and O–H groups in total. The maximum Gasteiger partial charge on any atom is 0.237 e. The van der Waals surface area contributed by atoms with E-state index >= 15 is 0 Å². The van der Waals surface area contributed by atoms with Crippen LogP contribution in [0.4, 0.5) is 0 Å². The van der Waals surface area contributed by atoms with E-state index in [0.29, 0.717) is 30.2 Å². The molecule has 0 saturated heterocycles. The molecule has 4 rings (SSSR count). The van der Waals surface area contributed by atoms with Gasteiger partial charge in [0.15, 0.2) is 0 Å². The minimum atomic E-state index is -0.466. The second-order valence-corrected chi connectivity index (χ2v) is 7.78. The zero-order chi connectivity index (χ0) is 14.3. The lowest BCUT2D eigenvalue weighted by atomic mass is 9.54. The number of nitriles is 1. The topological polar surface area (TPSA) is 52.9 Å². The van der Waals surface area contributed by atoms with Gasteiger partial charge in [-0.05, 0) is 68.1 Å². The Morgan fingerprint density at radius 1 is 1.15 bits per heavy atom. The second kappa shape index (κ2) is 5.39. The zero-order valence-corrected chi connectivity index (χ0v) is 12.6.